The summed E-state index contributed by atoms with van der Waals surface area (Å²) in [5.74, 6) is -1.69. The SMILES string of the molecule is COC(=O)[C@@H](C)NC(=O)[C@H]1CN(C(=O)c2cccnc2)CCN1C(=O)c1cccs1. The Balaban J connectivity index is 1.82. The number of esters is 1. The van der Waals surface area contributed by atoms with Gasteiger partial charge in [-0.15, -0.1) is 11.3 Å². The highest BCUT2D eigenvalue weighted by molar-refractivity contribution is 7.12. The minimum Gasteiger partial charge on any atom is -0.467 e. The summed E-state index contributed by atoms with van der Waals surface area (Å²) in [4.78, 5) is 57.9. The third-order valence-corrected chi connectivity index (χ3v) is 5.64. The van der Waals surface area contributed by atoms with Gasteiger partial charge in [0.15, 0.2) is 0 Å². The predicted molar refractivity (Wildman–Crippen MR) is 109 cm³/mol. The van der Waals surface area contributed by atoms with Crippen molar-refractivity contribution in [3.05, 3.63) is 52.5 Å². The topological polar surface area (TPSA) is 109 Å². The van der Waals surface area contributed by atoms with E-state index in [0.29, 0.717) is 10.4 Å². The van der Waals surface area contributed by atoms with Gasteiger partial charge in [0.05, 0.1) is 24.1 Å². The lowest BCUT2D eigenvalue weighted by atomic mass is 10.1. The van der Waals surface area contributed by atoms with E-state index in [1.165, 1.54) is 41.4 Å². The molecule has 2 aromatic heterocycles. The zero-order valence-electron chi connectivity index (χ0n) is 16.6. The zero-order chi connectivity index (χ0) is 21.7. The molecule has 0 radical (unpaired) electrons. The molecular weight excluding hydrogens is 408 g/mol. The quantitative estimate of drug-likeness (QED) is 0.703. The first-order valence-electron chi connectivity index (χ1n) is 9.34. The van der Waals surface area contributed by atoms with E-state index in [1.54, 1.807) is 35.8 Å². The lowest BCUT2D eigenvalue weighted by Crippen LogP contribution is -2.62. The highest BCUT2D eigenvalue weighted by atomic mass is 32.1. The number of nitrogens with one attached hydrogen (secondary N) is 1. The van der Waals surface area contributed by atoms with Crippen molar-refractivity contribution in [2.24, 2.45) is 0 Å². The molecule has 9 nitrogen and oxygen atoms in total. The Hall–Kier alpha value is -3.27. The van der Waals surface area contributed by atoms with Gasteiger partial charge in [0.25, 0.3) is 11.8 Å². The van der Waals surface area contributed by atoms with Crippen LogP contribution in [0.15, 0.2) is 42.0 Å². The zero-order valence-corrected chi connectivity index (χ0v) is 17.4. The molecule has 0 bridgehead atoms. The van der Waals surface area contributed by atoms with Gasteiger partial charge in [-0.25, -0.2) is 4.79 Å². The van der Waals surface area contributed by atoms with E-state index in [9.17, 15) is 19.2 Å². The standard InChI is InChI=1S/C20H22N4O5S/c1-13(20(28)29-2)22-17(25)15-12-23(18(26)14-5-3-7-21-11-14)8-9-24(15)19(27)16-6-4-10-30-16/h3-7,10-11,13,15H,8-9,12H2,1-2H3,(H,22,25)/t13-,15-/m1/s1. The minimum atomic E-state index is -0.943. The number of hydrogen-bond acceptors (Lipinski definition) is 7. The maximum Gasteiger partial charge on any atom is 0.328 e. The van der Waals surface area contributed by atoms with Crippen molar-refractivity contribution in [3.63, 3.8) is 0 Å². The van der Waals surface area contributed by atoms with E-state index in [1.807, 2.05) is 0 Å². The van der Waals surface area contributed by atoms with Gasteiger partial charge in [-0.1, -0.05) is 6.07 Å². The Labute approximate surface area is 177 Å². The summed E-state index contributed by atoms with van der Waals surface area (Å²) in [6.45, 7) is 1.97. The summed E-state index contributed by atoms with van der Waals surface area (Å²) < 4.78 is 4.65. The van der Waals surface area contributed by atoms with Gasteiger partial charge in [-0.05, 0) is 30.5 Å². The van der Waals surface area contributed by atoms with E-state index in [2.05, 4.69) is 15.0 Å². The van der Waals surface area contributed by atoms with E-state index >= 15 is 0 Å². The maximum atomic E-state index is 13.0. The van der Waals surface area contributed by atoms with Crippen molar-refractivity contribution >= 4 is 35.0 Å². The van der Waals surface area contributed by atoms with E-state index in [-0.39, 0.29) is 31.4 Å². The van der Waals surface area contributed by atoms with Crippen LogP contribution >= 0.6 is 11.3 Å². The molecule has 2 atom stereocenters. The predicted octanol–water partition coefficient (Wildman–Crippen LogP) is 0.788. The van der Waals surface area contributed by atoms with E-state index in [0.717, 1.165) is 0 Å². The number of pyridine rings is 1. The minimum absolute atomic E-state index is 0.00453. The fraction of sp³-hybridized carbons (Fsp3) is 0.350. The molecular formula is C20H22N4O5S. The first-order chi connectivity index (χ1) is 14.4. The molecule has 0 spiro atoms. The van der Waals surface area contributed by atoms with Crippen LogP contribution in [0.2, 0.25) is 0 Å². The molecule has 1 N–H and O–H groups in total. The average Bonchev–Trinajstić information content (AvgIpc) is 3.32. The van der Waals surface area contributed by atoms with Crippen LogP contribution in [0.25, 0.3) is 0 Å². The number of ether oxygens (including phenoxy) is 1. The van der Waals surface area contributed by atoms with Crippen molar-refractivity contribution < 1.29 is 23.9 Å². The molecule has 30 heavy (non-hydrogen) atoms. The third kappa shape index (κ3) is 4.65. The summed E-state index contributed by atoms with van der Waals surface area (Å²) >= 11 is 1.28. The highest BCUT2D eigenvalue weighted by Crippen LogP contribution is 2.19. The molecule has 0 unspecified atom stereocenters. The second kappa shape index (κ2) is 9.49. The number of thiophene rings is 1. The summed E-state index contributed by atoms with van der Waals surface area (Å²) in [6.07, 6.45) is 3.03. The van der Waals surface area contributed by atoms with Crippen LogP contribution in [0, 0.1) is 0 Å². The van der Waals surface area contributed by atoms with Crippen LogP contribution < -0.4 is 5.32 Å². The molecule has 10 heteroatoms. The van der Waals surface area contributed by atoms with Crippen LogP contribution in [-0.4, -0.2) is 77.3 Å². The number of hydrogen-bond donors (Lipinski definition) is 1. The molecule has 2 aromatic rings. The molecule has 3 rings (SSSR count). The first kappa shape index (κ1) is 21.4. The fourth-order valence-corrected chi connectivity index (χ4v) is 3.87. The van der Waals surface area contributed by atoms with Gasteiger partial charge in [-0.2, -0.15) is 0 Å². The number of nitrogens with zero attached hydrogens (tertiary/aromatic N) is 3. The molecule has 3 heterocycles. The number of carbonyl (C=O) groups excluding carboxylic acids is 4. The highest BCUT2D eigenvalue weighted by Gasteiger charge is 2.38. The molecule has 1 saturated heterocycles. The molecule has 158 valence electrons. The Bertz CT molecular complexity index is 919. The largest absolute Gasteiger partial charge is 0.467 e. The maximum absolute atomic E-state index is 13.0. The number of aromatic nitrogens is 1. The normalized spacial score (nSPS) is 17.2. The lowest BCUT2D eigenvalue weighted by molar-refractivity contribution is -0.145. The van der Waals surface area contributed by atoms with Crippen molar-refractivity contribution in [3.8, 4) is 0 Å². The molecule has 0 aromatic carbocycles. The van der Waals surface area contributed by atoms with Crippen molar-refractivity contribution in [2.45, 2.75) is 19.0 Å². The van der Waals surface area contributed by atoms with Gasteiger partial charge in [0, 0.05) is 25.5 Å². The monoisotopic (exact) mass is 430 g/mol. The summed E-state index contributed by atoms with van der Waals surface area (Å²) in [5, 5.41) is 4.36. The van der Waals surface area contributed by atoms with Crippen LogP contribution in [0.3, 0.4) is 0 Å². The van der Waals surface area contributed by atoms with Crippen LogP contribution in [-0.2, 0) is 14.3 Å². The number of amides is 3. The molecule has 1 aliphatic rings. The Morgan fingerprint density at radius 1 is 1.20 bits per heavy atom. The van der Waals surface area contributed by atoms with E-state index in [4.69, 9.17) is 0 Å². The Kier molecular flexibility index (Phi) is 6.78. The number of methoxy groups -OCH3 is 1. The van der Waals surface area contributed by atoms with Crippen LogP contribution in [0.1, 0.15) is 27.0 Å². The molecule has 3 amide bonds. The van der Waals surface area contributed by atoms with Gasteiger partial charge in [-0.3, -0.25) is 19.4 Å². The summed E-state index contributed by atoms with van der Waals surface area (Å²) in [7, 11) is 1.23. The number of carbonyl (C=O) groups is 4. The van der Waals surface area contributed by atoms with Crippen LogP contribution in [0.4, 0.5) is 0 Å². The van der Waals surface area contributed by atoms with Gasteiger partial charge in [0.1, 0.15) is 12.1 Å². The molecule has 0 saturated carbocycles. The number of piperazine rings is 1. The van der Waals surface area contributed by atoms with E-state index < -0.39 is 24.0 Å². The molecule has 0 aliphatic carbocycles. The van der Waals surface area contributed by atoms with Gasteiger partial charge < -0.3 is 19.9 Å². The lowest BCUT2D eigenvalue weighted by Gasteiger charge is -2.40. The number of rotatable bonds is 5. The van der Waals surface area contributed by atoms with Gasteiger partial charge >= 0.3 is 5.97 Å². The Morgan fingerprint density at radius 3 is 2.63 bits per heavy atom. The smallest absolute Gasteiger partial charge is 0.328 e. The summed E-state index contributed by atoms with van der Waals surface area (Å²) in [6, 6.07) is 4.92. The fourth-order valence-electron chi connectivity index (χ4n) is 3.19. The van der Waals surface area contributed by atoms with Crippen LogP contribution in [0.5, 0.6) is 0 Å². The first-order valence-corrected chi connectivity index (χ1v) is 10.2. The van der Waals surface area contributed by atoms with Crippen molar-refractivity contribution in [1.29, 1.82) is 0 Å². The van der Waals surface area contributed by atoms with Crippen molar-refractivity contribution in [2.75, 3.05) is 26.7 Å². The molecule has 1 fully saturated rings. The second-order valence-electron chi connectivity index (χ2n) is 6.74. The molecule has 1 aliphatic heterocycles. The Morgan fingerprint density at radius 2 is 2.00 bits per heavy atom. The summed E-state index contributed by atoms with van der Waals surface area (Å²) in [5.41, 5.74) is 0.401. The van der Waals surface area contributed by atoms with Gasteiger partial charge in [0.2, 0.25) is 5.91 Å². The average molecular weight is 430 g/mol. The third-order valence-electron chi connectivity index (χ3n) is 4.79. The van der Waals surface area contributed by atoms with Crippen molar-refractivity contribution in [1.82, 2.24) is 20.1 Å². The second-order valence-corrected chi connectivity index (χ2v) is 7.69.